The van der Waals surface area contributed by atoms with Crippen LogP contribution in [0.4, 0.5) is 0 Å². The molecule has 4 aromatic rings. The molecule has 0 unspecified atom stereocenters. The zero-order valence-electron chi connectivity index (χ0n) is 18.5. The van der Waals surface area contributed by atoms with E-state index in [2.05, 4.69) is 17.6 Å². The normalized spacial score (nSPS) is 15.6. The number of fused-ring (bicyclic) bond motifs is 1. The van der Waals surface area contributed by atoms with Gasteiger partial charge < -0.3 is 9.64 Å². The number of aromatic nitrogens is 4. The smallest absolute Gasteiger partial charge is 0.259 e. The summed E-state index contributed by atoms with van der Waals surface area (Å²) in [6.07, 6.45) is 8.41. The van der Waals surface area contributed by atoms with Crippen molar-refractivity contribution in [2.75, 3.05) is 13.1 Å². The van der Waals surface area contributed by atoms with Crippen LogP contribution < -0.4 is 9.25 Å². The highest BCUT2D eigenvalue weighted by Crippen LogP contribution is 2.31. The number of ether oxygens (including phenoxy) is 1. The van der Waals surface area contributed by atoms with E-state index >= 15 is 0 Å². The minimum absolute atomic E-state index is 0.00692. The van der Waals surface area contributed by atoms with E-state index in [-0.39, 0.29) is 11.9 Å². The molecular weight excluding hydrogens is 428 g/mol. The van der Waals surface area contributed by atoms with E-state index in [9.17, 15) is 10.1 Å². The number of nitriles is 1. The van der Waals surface area contributed by atoms with Crippen LogP contribution >= 0.6 is 0 Å². The molecule has 0 bridgehead atoms. The van der Waals surface area contributed by atoms with Crippen LogP contribution in [0.2, 0.25) is 0 Å². The number of carbonyl (C=O) groups excluding carboxylic acids is 1. The molecular formula is C26H23N6O2+. The summed E-state index contributed by atoms with van der Waals surface area (Å²) >= 11 is 0. The van der Waals surface area contributed by atoms with Gasteiger partial charge in [0.15, 0.2) is 0 Å². The third-order valence-corrected chi connectivity index (χ3v) is 5.96. The van der Waals surface area contributed by atoms with Gasteiger partial charge in [0.25, 0.3) is 5.69 Å². The van der Waals surface area contributed by atoms with E-state index in [0.717, 1.165) is 18.4 Å². The van der Waals surface area contributed by atoms with Crippen molar-refractivity contribution in [1.29, 1.82) is 5.26 Å². The van der Waals surface area contributed by atoms with Gasteiger partial charge in [-0.1, -0.05) is 24.8 Å². The molecule has 1 atom stereocenters. The molecule has 0 aliphatic carbocycles. The lowest BCUT2D eigenvalue weighted by Gasteiger charge is -2.29. The van der Waals surface area contributed by atoms with Crippen molar-refractivity contribution >= 4 is 11.4 Å². The highest BCUT2D eigenvalue weighted by Gasteiger charge is 2.32. The second-order valence-electron chi connectivity index (χ2n) is 8.09. The quantitative estimate of drug-likeness (QED) is 0.341. The van der Waals surface area contributed by atoms with Crippen molar-refractivity contribution in [3.8, 4) is 28.8 Å². The number of benzene rings is 2. The Hall–Kier alpha value is -4.51. The van der Waals surface area contributed by atoms with Crippen molar-refractivity contribution in [1.82, 2.24) is 19.8 Å². The Morgan fingerprint density at radius 2 is 2.09 bits per heavy atom. The van der Waals surface area contributed by atoms with Crippen molar-refractivity contribution in [2.24, 2.45) is 0 Å². The van der Waals surface area contributed by atoms with Crippen LogP contribution in [0.1, 0.15) is 24.4 Å². The summed E-state index contributed by atoms with van der Waals surface area (Å²) in [5, 5.41) is 14.8. The summed E-state index contributed by atoms with van der Waals surface area (Å²) in [6.45, 7) is 4.87. The number of hydrogen-bond acceptors (Lipinski definition) is 5. The van der Waals surface area contributed by atoms with Crippen LogP contribution in [-0.4, -0.2) is 38.8 Å². The van der Waals surface area contributed by atoms with E-state index in [1.807, 2.05) is 58.0 Å². The topological polar surface area (TPSA) is 88.1 Å². The molecule has 1 aliphatic heterocycles. The fourth-order valence-electron chi connectivity index (χ4n) is 4.34. The van der Waals surface area contributed by atoms with Crippen LogP contribution in [0.3, 0.4) is 0 Å². The molecule has 1 aliphatic rings. The Morgan fingerprint density at radius 1 is 1.24 bits per heavy atom. The van der Waals surface area contributed by atoms with Gasteiger partial charge in [-0.3, -0.25) is 9.78 Å². The van der Waals surface area contributed by atoms with Gasteiger partial charge in [0.05, 0.1) is 23.5 Å². The predicted molar refractivity (Wildman–Crippen MR) is 125 cm³/mol. The maximum absolute atomic E-state index is 12.2. The molecule has 0 saturated carbocycles. The average molecular weight is 452 g/mol. The molecule has 1 saturated heterocycles. The van der Waals surface area contributed by atoms with Crippen LogP contribution in [0.25, 0.3) is 16.8 Å². The first-order chi connectivity index (χ1) is 16.7. The van der Waals surface area contributed by atoms with Gasteiger partial charge in [0, 0.05) is 18.2 Å². The van der Waals surface area contributed by atoms with Crippen molar-refractivity contribution in [2.45, 2.75) is 18.9 Å². The Bertz CT molecular complexity index is 1410. The molecule has 168 valence electrons. The first-order valence-corrected chi connectivity index (χ1v) is 11.1. The molecule has 3 heterocycles. The van der Waals surface area contributed by atoms with E-state index in [1.165, 1.54) is 6.08 Å². The van der Waals surface area contributed by atoms with E-state index in [4.69, 9.17) is 9.84 Å². The second kappa shape index (κ2) is 9.16. The van der Waals surface area contributed by atoms with E-state index < -0.39 is 0 Å². The highest BCUT2D eigenvalue weighted by atomic mass is 16.5. The van der Waals surface area contributed by atoms with Gasteiger partial charge in [-0.2, -0.15) is 5.26 Å². The Kier molecular flexibility index (Phi) is 5.75. The summed E-state index contributed by atoms with van der Waals surface area (Å²) in [4.78, 5) is 20.2. The lowest BCUT2D eigenvalue weighted by molar-refractivity contribution is -0.621. The summed E-state index contributed by atoms with van der Waals surface area (Å²) in [5.41, 5.74) is 2.59. The highest BCUT2D eigenvalue weighted by molar-refractivity contribution is 5.87. The minimum Gasteiger partial charge on any atom is -0.457 e. The first kappa shape index (κ1) is 21.3. The van der Waals surface area contributed by atoms with Crippen molar-refractivity contribution < 1.29 is 14.0 Å². The molecule has 0 radical (unpaired) electrons. The summed E-state index contributed by atoms with van der Waals surface area (Å²) in [7, 11) is 0. The fraction of sp³-hybridized carbons (Fsp3) is 0.192. The Morgan fingerprint density at radius 3 is 2.88 bits per heavy atom. The third-order valence-electron chi connectivity index (χ3n) is 5.96. The van der Waals surface area contributed by atoms with Gasteiger partial charge in [-0.25, -0.2) is 0 Å². The van der Waals surface area contributed by atoms with Crippen LogP contribution in [0, 0.1) is 11.3 Å². The maximum atomic E-state index is 12.2. The van der Waals surface area contributed by atoms with Gasteiger partial charge >= 0.3 is 0 Å². The minimum atomic E-state index is -0.0752. The Labute approximate surface area is 196 Å². The number of para-hydroxylation sites is 1. The summed E-state index contributed by atoms with van der Waals surface area (Å²) < 4.78 is 7.84. The van der Waals surface area contributed by atoms with Gasteiger partial charge in [-0.05, 0) is 54.0 Å². The number of carbonyl (C=O) groups is 1. The number of amides is 1. The Balaban J connectivity index is 1.54. The molecule has 2 aromatic carbocycles. The third kappa shape index (κ3) is 3.99. The number of hydrogen-bond donors (Lipinski definition) is 0. The zero-order valence-corrected chi connectivity index (χ0v) is 18.5. The SMILES string of the molecule is C=CC(=O)N1CCC[C@@H](n2nc(-c3ccc(Oc4ccccc4)cc3C#N)c3cncc[n+]32)C1. The predicted octanol–water partition coefficient (Wildman–Crippen LogP) is 3.70. The maximum Gasteiger partial charge on any atom is 0.259 e. The monoisotopic (exact) mass is 451 g/mol. The lowest BCUT2D eigenvalue weighted by atomic mass is 10.0. The number of nitrogens with zero attached hydrogens (tertiary/aromatic N) is 6. The van der Waals surface area contributed by atoms with Gasteiger partial charge in [0.1, 0.15) is 29.8 Å². The van der Waals surface area contributed by atoms with Crippen LogP contribution in [-0.2, 0) is 4.79 Å². The van der Waals surface area contributed by atoms with Crippen LogP contribution in [0.5, 0.6) is 11.5 Å². The summed E-state index contributed by atoms with van der Waals surface area (Å²) in [5.74, 6) is 1.20. The van der Waals surface area contributed by atoms with Crippen molar-refractivity contribution in [3.63, 3.8) is 0 Å². The lowest BCUT2D eigenvalue weighted by Crippen LogP contribution is -2.45. The number of rotatable bonds is 5. The van der Waals surface area contributed by atoms with Crippen LogP contribution in [0.15, 0.2) is 79.8 Å². The average Bonchev–Trinajstić information content (AvgIpc) is 3.28. The van der Waals surface area contributed by atoms with Gasteiger partial charge in [0.2, 0.25) is 11.4 Å². The zero-order chi connectivity index (χ0) is 23.5. The molecule has 5 rings (SSSR count). The number of likely N-dealkylation sites (tertiary alicyclic amines) is 1. The standard InChI is InChI=1S/C26H23N6O2/c1-2-25(33)30-13-6-7-20(18-30)32-29-26(24-17-28-12-14-31(24)32)23-11-10-22(15-19(23)16-27)34-21-8-4-3-5-9-21/h2-5,8-12,14-15,17,20H,1,6-7,13,18H2/q+1/t20-/m1/s1. The molecule has 2 aromatic heterocycles. The molecule has 1 fully saturated rings. The fourth-order valence-corrected chi connectivity index (χ4v) is 4.34. The van der Waals surface area contributed by atoms with Crippen molar-refractivity contribution in [3.05, 3.63) is 85.3 Å². The molecule has 0 spiro atoms. The largest absolute Gasteiger partial charge is 0.457 e. The molecule has 34 heavy (non-hydrogen) atoms. The number of piperidine rings is 1. The molecule has 8 heteroatoms. The molecule has 1 amide bonds. The van der Waals surface area contributed by atoms with Gasteiger partial charge in [-0.15, -0.1) is 4.52 Å². The van der Waals surface area contributed by atoms with E-state index in [1.54, 1.807) is 23.4 Å². The summed E-state index contributed by atoms with van der Waals surface area (Å²) in [6, 6.07) is 17.1. The molecule has 0 N–H and O–H groups in total. The first-order valence-electron chi connectivity index (χ1n) is 11.1. The van der Waals surface area contributed by atoms with E-state index in [0.29, 0.717) is 41.4 Å². The second-order valence-corrected chi connectivity index (χ2v) is 8.09. The molecule has 8 nitrogen and oxygen atoms in total.